The minimum Gasteiger partial charge on any atom is -0.496 e. The van der Waals surface area contributed by atoms with Gasteiger partial charge in [0.2, 0.25) is 5.91 Å². The van der Waals surface area contributed by atoms with Gasteiger partial charge in [0.25, 0.3) is 0 Å². The first-order valence-corrected chi connectivity index (χ1v) is 8.77. The third-order valence-corrected chi connectivity index (χ3v) is 4.59. The second kappa shape index (κ2) is 9.30. The fourth-order valence-corrected chi connectivity index (χ4v) is 3.26. The summed E-state index contributed by atoms with van der Waals surface area (Å²) in [5.74, 6) is 1.16. The maximum absolute atomic E-state index is 12.3. The Morgan fingerprint density at radius 1 is 1.24 bits per heavy atom. The van der Waals surface area contributed by atoms with E-state index in [1.807, 2.05) is 24.3 Å². The lowest BCUT2D eigenvalue weighted by Gasteiger charge is -2.31. The number of piperidine rings is 1. The van der Waals surface area contributed by atoms with E-state index in [-0.39, 0.29) is 24.0 Å². The van der Waals surface area contributed by atoms with Crippen molar-refractivity contribution >= 4 is 12.0 Å². The van der Waals surface area contributed by atoms with Crippen LogP contribution in [0.15, 0.2) is 24.3 Å². The van der Waals surface area contributed by atoms with Gasteiger partial charge < -0.3 is 19.7 Å². The second-order valence-electron chi connectivity index (χ2n) is 6.62. The molecule has 6 heteroatoms. The molecule has 0 unspecified atom stereocenters. The van der Waals surface area contributed by atoms with Crippen molar-refractivity contribution in [3.63, 3.8) is 0 Å². The van der Waals surface area contributed by atoms with E-state index in [2.05, 4.69) is 12.2 Å². The minimum absolute atomic E-state index is 0.0684. The van der Waals surface area contributed by atoms with Crippen LogP contribution in [0.2, 0.25) is 0 Å². The zero-order valence-electron chi connectivity index (χ0n) is 15.3. The molecule has 1 saturated heterocycles. The monoisotopic (exact) mass is 348 g/mol. The third-order valence-electron chi connectivity index (χ3n) is 4.59. The number of nitrogens with zero attached hydrogens (tertiary/aromatic N) is 1. The summed E-state index contributed by atoms with van der Waals surface area (Å²) >= 11 is 0. The summed E-state index contributed by atoms with van der Waals surface area (Å²) in [6.45, 7) is 3.31. The molecule has 25 heavy (non-hydrogen) atoms. The number of carbonyl (C=O) groups is 2. The van der Waals surface area contributed by atoms with Gasteiger partial charge in [-0.3, -0.25) is 4.79 Å². The van der Waals surface area contributed by atoms with Crippen molar-refractivity contribution < 1.29 is 19.1 Å². The van der Waals surface area contributed by atoms with Gasteiger partial charge in [-0.1, -0.05) is 25.1 Å². The molecule has 2 amide bonds. The van der Waals surface area contributed by atoms with Crippen molar-refractivity contribution in [2.45, 2.75) is 38.6 Å². The van der Waals surface area contributed by atoms with Crippen LogP contribution in [0.4, 0.5) is 4.79 Å². The lowest BCUT2D eigenvalue weighted by molar-refractivity contribution is -0.122. The Labute approximate surface area is 149 Å². The van der Waals surface area contributed by atoms with E-state index in [1.54, 1.807) is 12.0 Å². The molecule has 0 aromatic heterocycles. The van der Waals surface area contributed by atoms with Crippen LogP contribution in [0.1, 0.15) is 31.7 Å². The van der Waals surface area contributed by atoms with Gasteiger partial charge in [0.15, 0.2) is 0 Å². The molecule has 1 fully saturated rings. The number of likely N-dealkylation sites (tertiary alicyclic amines) is 1. The number of carbonyl (C=O) groups excluding carboxylic acids is 2. The van der Waals surface area contributed by atoms with Crippen LogP contribution in [0.3, 0.4) is 0 Å². The number of methoxy groups -OCH3 is 2. The van der Waals surface area contributed by atoms with E-state index < -0.39 is 0 Å². The molecule has 1 atom stereocenters. The van der Waals surface area contributed by atoms with Crippen LogP contribution in [0.5, 0.6) is 5.75 Å². The molecule has 1 aliphatic rings. The van der Waals surface area contributed by atoms with Crippen molar-refractivity contribution in [1.82, 2.24) is 10.2 Å². The smallest absolute Gasteiger partial charge is 0.409 e. The predicted molar refractivity (Wildman–Crippen MR) is 95.6 cm³/mol. The third kappa shape index (κ3) is 5.66. The average Bonchev–Trinajstić information content (AvgIpc) is 2.62. The Morgan fingerprint density at radius 2 is 1.92 bits per heavy atom. The maximum atomic E-state index is 12.3. The fraction of sp³-hybridized carbons (Fsp3) is 0.579. The lowest BCUT2D eigenvalue weighted by Crippen LogP contribution is -2.46. The first-order valence-electron chi connectivity index (χ1n) is 8.77. The van der Waals surface area contributed by atoms with Crippen LogP contribution in [-0.2, 0) is 16.0 Å². The molecule has 1 aromatic carbocycles. The van der Waals surface area contributed by atoms with Gasteiger partial charge >= 0.3 is 6.09 Å². The molecule has 0 aliphatic carbocycles. The molecule has 1 heterocycles. The summed E-state index contributed by atoms with van der Waals surface area (Å²) in [7, 11) is 3.05. The van der Waals surface area contributed by atoms with Crippen LogP contribution in [0.25, 0.3) is 0 Å². The predicted octanol–water partition coefficient (Wildman–Crippen LogP) is 2.61. The Kier molecular flexibility index (Phi) is 7.10. The Bertz CT molecular complexity index is 583. The number of ether oxygens (including phenoxy) is 2. The summed E-state index contributed by atoms with van der Waals surface area (Å²) in [6, 6.07) is 8.04. The van der Waals surface area contributed by atoms with Gasteiger partial charge in [0.05, 0.1) is 14.2 Å². The largest absolute Gasteiger partial charge is 0.496 e. The zero-order valence-corrected chi connectivity index (χ0v) is 15.3. The normalized spacial score (nSPS) is 16.2. The van der Waals surface area contributed by atoms with Crippen molar-refractivity contribution in [3.05, 3.63) is 29.8 Å². The zero-order chi connectivity index (χ0) is 18.2. The van der Waals surface area contributed by atoms with Gasteiger partial charge in [-0.05, 0) is 36.8 Å². The standard InChI is InChI=1S/C19H28N2O4/c1-14(12-15-6-4-5-7-17(15)24-2)13-18(22)20-16-8-10-21(11-9-16)19(23)25-3/h4-7,14,16H,8-13H2,1-3H3,(H,20,22)/t14-/m0/s1. The highest BCUT2D eigenvalue weighted by atomic mass is 16.5. The summed E-state index contributed by atoms with van der Waals surface area (Å²) in [6.07, 6.45) is 2.52. The van der Waals surface area contributed by atoms with E-state index in [4.69, 9.17) is 9.47 Å². The first-order chi connectivity index (χ1) is 12.0. The summed E-state index contributed by atoms with van der Waals surface area (Å²) in [5.41, 5.74) is 1.12. The first kappa shape index (κ1) is 19.1. The molecular formula is C19H28N2O4. The van der Waals surface area contributed by atoms with E-state index in [1.165, 1.54) is 7.11 Å². The van der Waals surface area contributed by atoms with E-state index in [9.17, 15) is 9.59 Å². The van der Waals surface area contributed by atoms with Crippen molar-refractivity contribution in [2.75, 3.05) is 27.3 Å². The van der Waals surface area contributed by atoms with Crippen LogP contribution >= 0.6 is 0 Å². The number of benzene rings is 1. The molecule has 0 bridgehead atoms. The van der Waals surface area contributed by atoms with Gasteiger partial charge in [-0.25, -0.2) is 4.79 Å². The van der Waals surface area contributed by atoms with Gasteiger partial charge in [0.1, 0.15) is 5.75 Å². The number of para-hydroxylation sites is 1. The SMILES string of the molecule is COC(=O)N1CCC(NC(=O)C[C@@H](C)Cc2ccccc2OC)CC1. The topological polar surface area (TPSA) is 67.9 Å². The molecular weight excluding hydrogens is 320 g/mol. The van der Waals surface area contributed by atoms with E-state index in [0.29, 0.717) is 19.5 Å². The highest BCUT2D eigenvalue weighted by Crippen LogP contribution is 2.22. The maximum Gasteiger partial charge on any atom is 0.409 e. The highest BCUT2D eigenvalue weighted by molar-refractivity contribution is 5.76. The lowest BCUT2D eigenvalue weighted by atomic mass is 9.96. The number of rotatable bonds is 6. The molecule has 1 N–H and O–H groups in total. The molecule has 0 saturated carbocycles. The minimum atomic E-state index is -0.296. The van der Waals surface area contributed by atoms with Crippen LogP contribution < -0.4 is 10.1 Å². The average molecular weight is 348 g/mol. The number of nitrogens with one attached hydrogen (secondary N) is 1. The number of hydrogen-bond donors (Lipinski definition) is 1. The quantitative estimate of drug-likeness (QED) is 0.858. The summed E-state index contributed by atoms with van der Waals surface area (Å²) in [5, 5.41) is 3.09. The molecule has 1 aliphatic heterocycles. The second-order valence-corrected chi connectivity index (χ2v) is 6.62. The molecule has 138 valence electrons. The Hall–Kier alpha value is -2.24. The number of amides is 2. The van der Waals surface area contributed by atoms with Crippen molar-refractivity contribution in [1.29, 1.82) is 0 Å². The van der Waals surface area contributed by atoms with Crippen LogP contribution in [-0.4, -0.2) is 50.3 Å². The molecule has 0 spiro atoms. The van der Waals surface area contributed by atoms with Gasteiger partial charge in [-0.15, -0.1) is 0 Å². The van der Waals surface area contributed by atoms with E-state index >= 15 is 0 Å². The van der Waals surface area contributed by atoms with Gasteiger partial charge in [0, 0.05) is 25.6 Å². The highest BCUT2D eigenvalue weighted by Gasteiger charge is 2.24. The summed E-state index contributed by atoms with van der Waals surface area (Å²) in [4.78, 5) is 25.4. The van der Waals surface area contributed by atoms with E-state index in [0.717, 1.165) is 30.6 Å². The Morgan fingerprint density at radius 3 is 2.56 bits per heavy atom. The molecule has 2 rings (SSSR count). The van der Waals surface area contributed by atoms with Crippen LogP contribution in [0, 0.1) is 5.92 Å². The Balaban J connectivity index is 1.76. The number of hydrogen-bond acceptors (Lipinski definition) is 4. The molecule has 1 aromatic rings. The van der Waals surface area contributed by atoms with Crippen molar-refractivity contribution in [2.24, 2.45) is 5.92 Å². The van der Waals surface area contributed by atoms with Gasteiger partial charge in [-0.2, -0.15) is 0 Å². The van der Waals surface area contributed by atoms with Crippen molar-refractivity contribution in [3.8, 4) is 5.75 Å². The fourth-order valence-electron chi connectivity index (χ4n) is 3.26. The molecule has 0 radical (unpaired) electrons. The molecule has 6 nitrogen and oxygen atoms in total. The summed E-state index contributed by atoms with van der Waals surface area (Å²) < 4.78 is 10.1.